The SMILES string of the molecule is CCCCCCC(C)=C(C#N)C(=O)OC. The molecule has 15 heavy (non-hydrogen) atoms. The summed E-state index contributed by atoms with van der Waals surface area (Å²) in [5.74, 6) is -0.523. The molecule has 0 radical (unpaired) electrons. The van der Waals surface area contributed by atoms with Gasteiger partial charge in [-0.2, -0.15) is 5.26 Å². The predicted octanol–water partition coefficient (Wildman–Crippen LogP) is 2.97. The van der Waals surface area contributed by atoms with E-state index in [0.29, 0.717) is 0 Å². The maximum absolute atomic E-state index is 11.2. The summed E-state index contributed by atoms with van der Waals surface area (Å²) in [6.07, 6.45) is 5.37. The number of esters is 1. The summed E-state index contributed by atoms with van der Waals surface area (Å²) in [6, 6.07) is 1.90. The van der Waals surface area contributed by atoms with Crippen LogP contribution in [0.5, 0.6) is 0 Å². The Labute approximate surface area is 91.7 Å². The Morgan fingerprint density at radius 3 is 2.47 bits per heavy atom. The normalized spacial score (nSPS) is 11.6. The molecule has 0 saturated heterocycles. The van der Waals surface area contributed by atoms with Gasteiger partial charge < -0.3 is 4.74 Å². The molecule has 0 heterocycles. The van der Waals surface area contributed by atoms with Crippen molar-refractivity contribution in [2.75, 3.05) is 7.11 Å². The fourth-order valence-electron chi connectivity index (χ4n) is 1.36. The first kappa shape index (κ1) is 13.7. The van der Waals surface area contributed by atoms with Gasteiger partial charge in [-0.15, -0.1) is 0 Å². The lowest BCUT2D eigenvalue weighted by atomic mass is 10.0. The first-order valence-electron chi connectivity index (χ1n) is 5.35. The molecular weight excluding hydrogens is 190 g/mol. The van der Waals surface area contributed by atoms with E-state index in [1.54, 1.807) is 0 Å². The molecule has 0 N–H and O–H groups in total. The van der Waals surface area contributed by atoms with Crippen LogP contribution in [0.3, 0.4) is 0 Å². The van der Waals surface area contributed by atoms with Crippen LogP contribution in [-0.4, -0.2) is 13.1 Å². The fraction of sp³-hybridized carbons (Fsp3) is 0.667. The number of carbonyl (C=O) groups excluding carboxylic acids is 1. The second-order valence-electron chi connectivity index (χ2n) is 3.57. The highest BCUT2D eigenvalue weighted by molar-refractivity contribution is 5.93. The van der Waals surface area contributed by atoms with Gasteiger partial charge >= 0.3 is 5.97 Å². The highest BCUT2D eigenvalue weighted by Crippen LogP contribution is 2.14. The van der Waals surface area contributed by atoms with Crippen molar-refractivity contribution in [3.05, 3.63) is 11.1 Å². The van der Waals surface area contributed by atoms with Gasteiger partial charge in [-0.05, 0) is 25.3 Å². The van der Waals surface area contributed by atoms with Gasteiger partial charge in [-0.3, -0.25) is 0 Å². The lowest BCUT2D eigenvalue weighted by Gasteiger charge is -2.03. The summed E-state index contributed by atoms with van der Waals surface area (Å²) in [6.45, 7) is 3.97. The van der Waals surface area contributed by atoms with Gasteiger partial charge in [0.05, 0.1) is 7.11 Å². The highest BCUT2D eigenvalue weighted by Gasteiger charge is 2.11. The van der Waals surface area contributed by atoms with Crippen LogP contribution in [0.25, 0.3) is 0 Å². The maximum atomic E-state index is 11.2. The molecule has 0 fully saturated rings. The molecule has 0 aromatic carbocycles. The number of hydrogen-bond acceptors (Lipinski definition) is 3. The molecule has 0 aromatic rings. The third-order valence-corrected chi connectivity index (χ3v) is 2.33. The summed E-state index contributed by atoms with van der Waals surface area (Å²) in [5, 5.41) is 8.79. The van der Waals surface area contributed by atoms with Crippen molar-refractivity contribution >= 4 is 5.97 Å². The van der Waals surface area contributed by atoms with Gasteiger partial charge in [-0.1, -0.05) is 26.2 Å². The summed E-state index contributed by atoms with van der Waals surface area (Å²) in [7, 11) is 1.30. The molecule has 0 saturated carbocycles. The zero-order valence-electron chi connectivity index (χ0n) is 9.80. The molecular formula is C12H19NO2. The van der Waals surface area contributed by atoms with Crippen molar-refractivity contribution in [2.45, 2.75) is 46.0 Å². The van der Waals surface area contributed by atoms with Crippen molar-refractivity contribution in [2.24, 2.45) is 0 Å². The molecule has 0 rings (SSSR count). The standard InChI is InChI=1S/C12H19NO2/c1-4-5-6-7-8-10(2)11(9-13)12(14)15-3/h4-8H2,1-3H3. The van der Waals surface area contributed by atoms with Gasteiger partial charge in [-0.25, -0.2) is 4.79 Å². The molecule has 0 spiro atoms. The second-order valence-corrected chi connectivity index (χ2v) is 3.57. The molecule has 0 aromatic heterocycles. The number of nitrogens with zero attached hydrogens (tertiary/aromatic N) is 1. The van der Waals surface area contributed by atoms with E-state index in [1.807, 2.05) is 13.0 Å². The van der Waals surface area contributed by atoms with Crippen LogP contribution in [0.1, 0.15) is 46.0 Å². The first-order chi connectivity index (χ1) is 7.17. The third-order valence-electron chi connectivity index (χ3n) is 2.33. The fourth-order valence-corrected chi connectivity index (χ4v) is 1.36. The Balaban J connectivity index is 4.23. The van der Waals surface area contributed by atoms with Gasteiger partial charge in [0, 0.05) is 0 Å². The van der Waals surface area contributed by atoms with Crippen molar-refractivity contribution < 1.29 is 9.53 Å². The average molecular weight is 209 g/mol. The van der Waals surface area contributed by atoms with E-state index in [4.69, 9.17) is 5.26 Å². The minimum absolute atomic E-state index is 0.161. The lowest BCUT2D eigenvalue weighted by molar-refractivity contribution is -0.135. The zero-order valence-corrected chi connectivity index (χ0v) is 9.80. The van der Waals surface area contributed by atoms with E-state index in [2.05, 4.69) is 11.7 Å². The number of nitriles is 1. The molecule has 0 amide bonds. The molecule has 3 heteroatoms. The third kappa shape index (κ3) is 5.21. The molecule has 84 valence electrons. The number of methoxy groups -OCH3 is 1. The second kappa shape index (κ2) is 8.05. The predicted molar refractivity (Wildman–Crippen MR) is 59.1 cm³/mol. The Morgan fingerprint density at radius 2 is 2.00 bits per heavy atom. The first-order valence-corrected chi connectivity index (χ1v) is 5.35. The summed E-state index contributed by atoms with van der Waals surface area (Å²) < 4.78 is 4.53. The Hall–Kier alpha value is -1.30. The van der Waals surface area contributed by atoms with E-state index in [-0.39, 0.29) is 5.57 Å². The van der Waals surface area contributed by atoms with E-state index in [9.17, 15) is 4.79 Å². The van der Waals surface area contributed by atoms with Crippen LogP contribution in [0.4, 0.5) is 0 Å². The van der Waals surface area contributed by atoms with Crippen LogP contribution in [0, 0.1) is 11.3 Å². The monoisotopic (exact) mass is 209 g/mol. The van der Waals surface area contributed by atoms with E-state index in [0.717, 1.165) is 24.8 Å². The van der Waals surface area contributed by atoms with Crippen molar-refractivity contribution in [1.82, 2.24) is 0 Å². The molecule has 0 unspecified atom stereocenters. The van der Waals surface area contributed by atoms with Crippen LogP contribution >= 0.6 is 0 Å². The number of carbonyl (C=O) groups is 1. The van der Waals surface area contributed by atoms with Gasteiger partial charge in [0.15, 0.2) is 0 Å². The largest absolute Gasteiger partial charge is 0.465 e. The molecule has 0 atom stereocenters. The molecule has 0 aliphatic heterocycles. The number of rotatable bonds is 6. The minimum Gasteiger partial charge on any atom is -0.465 e. The van der Waals surface area contributed by atoms with E-state index >= 15 is 0 Å². The van der Waals surface area contributed by atoms with Crippen molar-refractivity contribution in [1.29, 1.82) is 5.26 Å². The van der Waals surface area contributed by atoms with Gasteiger partial charge in [0.25, 0.3) is 0 Å². The van der Waals surface area contributed by atoms with Crippen LogP contribution in [0.2, 0.25) is 0 Å². The van der Waals surface area contributed by atoms with E-state index in [1.165, 1.54) is 20.0 Å². The van der Waals surface area contributed by atoms with Crippen LogP contribution in [-0.2, 0) is 9.53 Å². The zero-order chi connectivity index (χ0) is 11.7. The van der Waals surface area contributed by atoms with Gasteiger partial charge in [0.1, 0.15) is 11.6 Å². The molecule has 3 nitrogen and oxygen atoms in total. The van der Waals surface area contributed by atoms with Crippen molar-refractivity contribution in [3.63, 3.8) is 0 Å². The summed E-state index contributed by atoms with van der Waals surface area (Å²) in [5.41, 5.74) is 0.995. The minimum atomic E-state index is -0.523. The highest BCUT2D eigenvalue weighted by atomic mass is 16.5. The quantitative estimate of drug-likeness (QED) is 0.292. The molecule has 0 aliphatic carbocycles. The number of unbranched alkanes of at least 4 members (excludes halogenated alkanes) is 3. The number of ether oxygens (including phenoxy) is 1. The number of allylic oxidation sites excluding steroid dienone is 1. The summed E-state index contributed by atoms with van der Waals surface area (Å²) in [4.78, 5) is 11.2. The maximum Gasteiger partial charge on any atom is 0.348 e. The topological polar surface area (TPSA) is 50.1 Å². The van der Waals surface area contributed by atoms with Crippen LogP contribution < -0.4 is 0 Å². The van der Waals surface area contributed by atoms with E-state index < -0.39 is 5.97 Å². The smallest absolute Gasteiger partial charge is 0.348 e. The summed E-state index contributed by atoms with van der Waals surface area (Å²) >= 11 is 0. The Bertz CT molecular complexity index is 274. The van der Waals surface area contributed by atoms with Gasteiger partial charge in [0.2, 0.25) is 0 Å². The average Bonchev–Trinajstić information content (AvgIpc) is 2.25. The Morgan fingerprint density at radius 1 is 1.33 bits per heavy atom. The van der Waals surface area contributed by atoms with Crippen molar-refractivity contribution in [3.8, 4) is 6.07 Å². The Kier molecular flexibility index (Phi) is 7.35. The molecule has 0 bridgehead atoms. The number of hydrogen-bond donors (Lipinski definition) is 0. The lowest BCUT2D eigenvalue weighted by Crippen LogP contribution is -2.05. The molecule has 0 aliphatic rings. The van der Waals surface area contributed by atoms with Crippen LogP contribution in [0.15, 0.2) is 11.1 Å².